The predicted octanol–water partition coefficient (Wildman–Crippen LogP) is 3.68. The van der Waals surface area contributed by atoms with Gasteiger partial charge in [0.2, 0.25) is 0 Å². The molecule has 4 aromatic rings. The zero-order valence-electron chi connectivity index (χ0n) is 20.9. The number of carbonyl (C=O) groups is 1. The molecule has 0 saturated carbocycles. The summed E-state index contributed by atoms with van der Waals surface area (Å²) in [5.41, 5.74) is 3.64. The number of carboxylic acid groups (broad SMARTS) is 1. The van der Waals surface area contributed by atoms with Gasteiger partial charge in [0.05, 0.1) is 11.9 Å². The molecule has 4 heterocycles. The van der Waals surface area contributed by atoms with Crippen LogP contribution in [0.2, 0.25) is 0 Å². The number of benzene rings is 1. The summed E-state index contributed by atoms with van der Waals surface area (Å²) in [7, 11) is 0. The summed E-state index contributed by atoms with van der Waals surface area (Å²) in [4.78, 5) is 31.0. The molecule has 0 atom stereocenters. The summed E-state index contributed by atoms with van der Waals surface area (Å²) in [5, 5.41) is 15.5. The van der Waals surface area contributed by atoms with Gasteiger partial charge in [0.25, 0.3) is 0 Å². The molecule has 194 valence electrons. The van der Waals surface area contributed by atoms with Crippen LogP contribution in [0.5, 0.6) is 5.75 Å². The number of hydrogen-bond donors (Lipinski definition) is 3. The highest BCUT2D eigenvalue weighted by Crippen LogP contribution is 2.26. The first-order chi connectivity index (χ1) is 18.6. The minimum Gasteiger partial charge on any atom is -0.489 e. The molecule has 38 heavy (non-hydrogen) atoms. The highest BCUT2D eigenvalue weighted by molar-refractivity contribution is 5.67. The van der Waals surface area contributed by atoms with Crippen molar-refractivity contribution in [2.45, 2.75) is 19.4 Å². The number of anilines is 3. The van der Waals surface area contributed by atoms with Crippen LogP contribution in [-0.4, -0.2) is 57.2 Å². The van der Waals surface area contributed by atoms with Crippen molar-refractivity contribution in [3.63, 3.8) is 0 Å². The number of ether oxygens (including phenoxy) is 1. The van der Waals surface area contributed by atoms with Crippen molar-refractivity contribution in [2.75, 3.05) is 36.4 Å². The fraction of sp³-hybridized carbons (Fsp3) is 0.250. The number of aryl methyl sites for hydroxylation is 1. The Hall–Kier alpha value is -4.57. The number of aliphatic carboxylic acids is 1. The summed E-state index contributed by atoms with van der Waals surface area (Å²) in [6.07, 6.45) is 7.30. The van der Waals surface area contributed by atoms with E-state index in [9.17, 15) is 4.79 Å². The van der Waals surface area contributed by atoms with Gasteiger partial charge in [-0.05, 0) is 53.9 Å². The summed E-state index contributed by atoms with van der Waals surface area (Å²) in [5.74, 6) is 2.05. The van der Waals surface area contributed by atoms with Crippen LogP contribution in [0.1, 0.15) is 17.5 Å². The SMILES string of the molecule is O=C(O)CCc1ccc(OCc2cc(Nc3cnccn3)nc(-c3ccnc(N4CCNCC4)c3)c2)cc1. The Kier molecular flexibility index (Phi) is 8.00. The van der Waals surface area contributed by atoms with Gasteiger partial charge in [-0.15, -0.1) is 0 Å². The molecule has 10 nitrogen and oxygen atoms in total. The molecular formula is C28H29N7O3. The van der Waals surface area contributed by atoms with Crippen LogP contribution in [0.4, 0.5) is 17.5 Å². The van der Waals surface area contributed by atoms with Gasteiger partial charge in [0.15, 0.2) is 0 Å². The topological polar surface area (TPSA) is 125 Å². The second kappa shape index (κ2) is 12.1. The number of hydrogen-bond acceptors (Lipinski definition) is 9. The van der Waals surface area contributed by atoms with E-state index in [4.69, 9.17) is 14.8 Å². The second-order valence-corrected chi connectivity index (χ2v) is 8.93. The molecular weight excluding hydrogens is 482 g/mol. The van der Waals surface area contributed by atoms with Crippen molar-refractivity contribution >= 4 is 23.4 Å². The van der Waals surface area contributed by atoms with Crippen LogP contribution in [0.25, 0.3) is 11.3 Å². The maximum atomic E-state index is 10.8. The Morgan fingerprint density at radius 2 is 1.82 bits per heavy atom. The maximum absolute atomic E-state index is 10.8. The molecule has 10 heteroatoms. The third-order valence-corrected chi connectivity index (χ3v) is 6.14. The van der Waals surface area contributed by atoms with Gasteiger partial charge in [-0.1, -0.05) is 12.1 Å². The molecule has 0 unspecified atom stereocenters. The predicted molar refractivity (Wildman–Crippen MR) is 145 cm³/mol. The van der Waals surface area contributed by atoms with E-state index in [0.717, 1.165) is 54.4 Å². The van der Waals surface area contributed by atoms with Gasteiger partial charge >= 0.3 is 5.97 Å². The van der Waals surface area contributed by atoms with Crippen LogP contribution in [-0.2, 0) is 17.8 Å². The summed E-state index contributed by atoms with van der Waals surface area (Å²) < 4.78 is 6.06. The van der Waals surface area contributed by atoms with Crippen molar-refractivity contribution in [3.8, 4) is 17.0 Å². The van der Waals surface area contributed by atoms with Crippen LogP contribution in [0.15, 0.2) is 73.3 Å². The van der Waals surface area contributed by atoms with Crippen molar-refractivity contribution < 1.29 is 14.6 Å². The lowest BCUT2D eigenvalue weighted by Gasteiger charge is -2.28. The maximum Gasteiger partial charge on any atom is 0.303 e. The molecule has 1 fully saturated rings. The van der Waals surface area contributed by atoms with E-state index in [1.54, 1.807) is 18.6 Å². The molecule has 0 bridgehead atoms. The third kappa shape index (κ3) is 6.80. The van der Waals surface area contributed by atoms with E-state index in [-0.39, 0.29) is 6.42 Å². The van der Waals surface area contributed by atoms with Crippen LogP contribution in [0, 0.1) is 0 Å². The highest BCUT2D eigenvalue weighted by atomic mass is 16.5. The largest absolute Gasteiger partial charge is 0.489 e. The second-order valence-electron chi connectivity index (χ2n) is 8.93. The Morgan fingerprint density at radius 1 is 0.974 bits per heavy atom. The summed E-state index contributed by atoms with van der Waals surface area (Å²) >= 11 is 0. The number of rotatable bonds is 10. The Balaban J connectivity index is 1.37. The average molecular weight is 512 g/mol. The fourth-order valence-electron chi connectivity index (χ4n) is 4.19. The Labute approximate surface area is 220 Å². The van der Waals surface area contributed by atoms with Crippen molar-refractivity contribution in [1.29, 1.82) is 0 Å². The van der Waals surface area contributed by atoms with Gasteiger partial charge in [-0.3, -0.25) is 9.78 Å². The summed E-state index contributed by atoms with van der Waals surface area (Å²) in [6.45, 7) is 4.01. The quantitative estimate of drug-likeness (QED) is 0.290. The lowest BCUT2D eigenvalue weighted by atomic mass is 10.1. The zero-order valence-corrected chi connectivity index (χ0v) is 20.9. The smallest absolute Gasteiger partial charge is 0.303 e. The molecule has 1 saturated heterocycles. The fourth-order valence-corrected chi connectivity index (χ4v) is 4.19. The van der Waals surface area contributed by atoms with Crippen molar-refractivity contribution in [1.82, 2.24) is 25.3 Å². The van der Waals surface area contributed by atoms with E-state index in [2.05, 4.69) is 36.6 Å². The van der Waals surface area contributed by atoms with Gasteiger partial charge in [-0.25, -0.2) is 15.0 Å². The normalized spacial score (nSPS) is 13.2. The van der Waals surface area contributed by atoms with Crippen molar-refractivity contribution in [3.05, 3.63) is 84.4 Å². The standard InChI is InChI=1S/C28H29N7O3/c36-28(37)6-3-20-1-4-23(5-2-20)38-19-21-15-24(33-25(16-21)34-26-18-30-9-10-31-26)22-7-8-32-27(17-22)35-13-11-29-12-14-35/h1-2,4-5,7-10,15-18,29H,3,6,11-14,19H2,(H,36,37)(H,31,33,34). The molecule has 3 N–H and O–H groups in total. The van der Waals surface area contributed by atoms with Crippen LogP contribution >= 0.6 is 0 Å². The zero-order chi connectivity index (χ0) is 26.2. The molecule has 0 aliphatic carbocycles. The van der Waals surface area contributed by atoms with Gasteiger partial charge in [-0.2, -0.15) is 0 Å². The monoisotopic (exact) mass is 511 g/mol. The number of piperazine rings is 1. The lowest BCUT2D eigenvalue weighted by molar-refractivity contribution is -0.136. The average Bonchev–Trinajstić information content (AvgIpc) is 2.96. The van der Waals surface area contributed by atoms with Crippen LogP contribution < -0.4 is 20.3 Å². The number of aromatic nitrogens is 4. The summed E-state index contributed by atoms with van der Waals surface area (Å²) in [6, 6.07) is 15.5. The highest BCUT2D eigenvalue weighted by Gasteiger charge is 2.14. The first-order valence-electron chi connectivity index (χ1n) is 12.5. The molecule has 0 amide bonds. The molecule has 0 spiro atoms. The van der Waals surface area contributed by atoms with E-state index in [1.807, 2.05) is 48.7 Å². The number of pyridine rings is 2. The van der Waals surface area contributed by atoms with E-state index < -0.39 is 5.97 Å². The minimum absolute atomic E-state index is 0.104. The molecule has 1 aliphatic heterocycles. The molecule has 1 aromatic carbocycles. The van der Waals surface area contributed by atoms with Gasteiger partial charge < -0.3 is 25.4 Å². The lowest BCUT2D eigenvalue weighted by Crippen LogP contribution is -2.43. The molecule has 1 aliphatic rings. The molecule has 3 aromatic heterocycles. The van der Waals surface area contributed by atoms with Gasteiger partial charge in [0.1, 0.15) is 29.8 Å². The molecule has 0 radical (unpaired) electrons. The first-order valence-corrected chi connectivity index (χ1v) is 12.5. The van der Waals surface area contributed by atoms with Crippen molar-refractivity contribution in [2.24, 2.45) is 0 Å². The van der Waals surface area contributed by atoms with E-state index in [0.29, 0.717) is 30.4 Å². The van der Waals surface area contributed by atoms with Gasteiger partial charge in [0, 0.05) is 56.8 Å². The Bertz CT molecular complexity index is 1360. The molecule has 5 rings (SSSR count). The number of nitrogens with zero attached hydrogens (tertiary/aromatic N) is 5. The third-order valence-electron chi connectivity index (χ3n) is 6.14. The minimum atomic E-state index is -0.807. The Morgan fingerprint density at radius 3 is 2.58 bits per heavy atom. The number of nitrogens with one attached hydrogen (secondary N) is 2. The van der Waals surface area contributed by atoms with E-state index in [1.165, 1.54) is 0 Å². The first kappa shape index (κ1) is 25.1. The van der Waals surface area contributed by atoms with E-state index >= 15 is 0 Å². The van der Waals surface area contributed by atoms with Crippen LogP contribution in [0.3, 0.4) is 0 Å². The number of carboxylic acids is 1.